The second-order valence-electron chi connectivity index (χ2n) is 13.5. The maximum absolute atomic E-state index is 15.4. The number of ether oxygens (including phenoxy) is 2. The lowest BCUT2D eigenvalue weighted by molar-refractivity contribution is -0.120. The molecular formula is C32H45FN4O5S. The average Bonchev–Trinajstić information content (AvgIpc) is 3.66. The number of aromatic nitrogens is 1. The molecule has 9 nitrogen and oxygen atoms in total. The van der Waals surface area contributed by atoms with Gasteiger partial charge in [-0.25, -0.2) is 9.18 Å². The molecule has 2 amide bonds. The number of likely N-dealkylation sites (tertiary alicyclic amines) is 1. The number of methoxy groups -OCH3 is 1. The van der Waals surface area contributed by atoms with Crippen molar-refractivity contribution in [3.63, 3.8) is 0 Å². The molecule has 4 rings (SSSR count). The molecule has 0 radical (unpaired) electrons. The van der Waals surface area contributed by atoms with Crippen molar-refractivity contribution in [2.45, 2.75) is 102 Å². The maximum Gasteiger partial charge on any atom is 0.411 e. The molecular weight excluding hydrogens is 571 g/mol. The first-order valence-electron chi connectivity index (χ1n) is 14.9. The van der Waals surface area contributed by atoms with Gasteiger partial charge in [0, 0.05) is 37.3 Å². The summed E-state index contributed by atoms with van der Waals surface area (Å²) in [5.41, 5.74) is -0.201. The third-order valence-corrected chi connectivity index (χ3v) is 9.51. The lowest BCUT2D eigenvalue weighted by Gasteiger charge is -2.39. The number of hydrogen-bond donors (Lipinski definition) is 2. The van der Waals surface area contributed by atoms with Crippen molar-refractivity contribution in [2.75, 3.05) is 19.0 Å². The summed E-state index contributed by atoms with van der Waals surface area (Å²) in [6, 6.07) is 7.45. The number of amides is 2. The van der Waals surface area contributed by atoms with Crippen molar-refractivity contribution < 1.29 is 28.0 Å². The van der Waals surface area contributed by atoms with Crippen molar-refractivity contribution >= 4 is 29.0 Å². The van der Waals surface area contributed by atoms with Crippen molar-refractivity contribution in [1.82, 2.24) is 14.6 Å². The van der Waals surface area contributed by atoms with Crippen LogP contribution in [0.1, 0.15) is 84.8 Å². The third-order valence-electron chi connectivity index (χ3n) is 7.86. The van der Waals surface area contributed by atoms with Crippen LogP contribution in [0.25, 0.3) is 0 Å². The molecule has 1 aromatic heterocycles. The first-order valence-corrected chi connectivity index (χ1v) is 16.0. The van der Waals surface area contributed by atoms with Crippen LogP contribution in [0.2, 0.25) is 0 Å². The van der Waals surface area contributed by atoms with Crippen LogP contribution in [-0.2, 0) is 31.2 Å². The number of nitrogens with zero attached hydrogens (tertiary/aromatic N) is 2. The number of nitrogens with one attached hydrogen (secondary N) is 2. The Hall–Kier alpha value is -2.73. The van der Waals surface area contributed by atoms with Crippen molar-refractivity contribution in [3.8, 4) is 0 Å². The molecule has 2 heterocycles. The monoisotopic (exact) mass is 616 g/mol. The highest BCUT2D eigenvalue weighted by atomic mass is 32.2. The van der Waals surface area contributed by atoms with Gasteiger partial charge in [-0.1, -0.05) is 18.9 Å². The van der Waals surface area contributed by atoms with Gasteiger partial charge in [0.2, 0.25) is 5.91 Å². The minimum absolute atomic E-state index is 0.0271. The van der Waals surface area contributed by atoms with Crippen molar-refractivity contribution in [3.05, 3.63) is 59.7 Å². The van der Waals surface area contributed by atoms with Crippen LogP contribution in [-0.4, -0.2) is 62.6 Å². The second-order valence-corrected chi connectivity index (χ2v) is 15.5. The normalized spacial score (nSPS) is 21.3. The van der Waals surface area contributed by atoms with Gasteiger partial charge in [0.1, 0.15) is 27.7 Å². The van der Waals surface area contributed by atoms with E-state index < -0.39 is 51.1 Å². The van der Waals surface area contributed by atoms with E-state index in [0.29, 0.717) is 17.9 Å². The average molecular weight is 617 g/mol. The Labute approximate surface area is 257 Å². The van der Waals surface area contributed by atoms with Gasteiger partial charge in [-0.05, 0) is 95.7 Å². The molecule has 1 aromatic carbocycles. The van der Waals surface area contributed by atoms with Gasteiger partial charge in [0.15, 0.2) is 0 Å². The zero-order chi connectivity index (χ0) is 31.6. The van der Waals surface area contributed by atoms with Crippen LogP contribution < -0.4 is 10.0 Å². The lowest BCUT2D eigenvalue weighted by atomic mass is 9.79. The number of rotatable bonds is 10. The van der Waals surface area contributed by atoms with Crippen LogP contribution in [0, 0.1) is 11.7 Å². The number of anilines is 1. The van der Waals surface area contributed by atoms with Gasteiger partial charge < -0.3 is 19.3 Å². The third kappa shape index (κ3) is 8.26. The van der Waals surface area contributed by atoms with Gasteiger partial charge in [-0.2, -0.15) is 0 Å². The summed E-state index contributed by atoms with van der Waals surface area (Å²) in [6.07, 6.45) is 6.43. The fraction of sp³-hybridized carbons (Fsp3) is 0.594. The first kappa shape index (κ1) is 33.2. The van der Waals surface area contributed by atoms with Crippen molar-refractivity contribution in [1.29, 1.82) is 0 Å². The highest BCUT2D eigenvalue weighted by molar-refractivity contribution is 7.90. The van der Waals surface area contributed by atoms with Crippen LogP contribution in [0.4, 0.5) is 14.9 Å². The number of halogens is 1. The first-order chi connectivity index (χ1) is 20.1. The molecule has 43 heavy (non-hydrogen) atoms. The SMILES string of the molecule is CO[C@@H]1C[C@H](C(=O)Nc2cc(C(CCC3CC3)(N[S@+]([O-])C(C)(C)C)c3ccncc3)ccc2F)N(C(=O)OC(C)(C)C)C1. The molecule has 236 valence electrons. The standard InChI is InChI=1S/C32H45FN4O5S/c1-30(2,3)42-29(39)37-20-24(41-7)19-27(37)28(38)35-26-18-23(10-11-25(26)33)32(15-12-21-8-9-21,22-13-16-34-17-14-22)36-43(40)31(4,5)6/h10-11,13-14,16-18,21,24,27,36H,8-9,12,15,19-20H2,1-7H3,(H,35,38)/t24-,27-,32?,43-/m1/s1. The van der Waals surface area contributed by atoms with Gasteiger partial charge in [-0.3, -0.25) is 14.7 Å². The van der Waals surface area contributed by atoms with Crippen LogP contribution in [0.15, 0.2) is 42.7 Å². The molecule has 4 atom stereocenters. The molecule has 1 aliphatic heterocycles. The number of carbonyl (C=O) groups excluding carboxylic acids is 2. The van der Waals surface area contributed by atoms with Crippen LogP contribution in [0.3, 0.4) is 0 Å². The largest absolute Gasteiger partial charge is 0.598 e. The molecule has 1 saturated heterocycles. The number of benzene rings is 1. The minimum atomic E-state index is -1.47. The zero-order valence-electron chi connectivity index (χ0n) is 26.2. The molecule has 0 bridgehead atoms. The van der Waals surface area contributed by atoms with E-state index in [1.165, 1.54) is 18.1 Å². The zero-order valence-corrected chi connectivity index (χ0v) is 27.1. The Bertz CT molecular complexity index is 1280. The fourth-order valence-electron chi connectivity index (χ4n) is 5.24. The highest BCUT2D eigenvalue weighted by Gasteiger charge is 2.45. The van der Waals surface area contributed by atoms with E-state index in [4.69, 9.17) is 9.47 Å². The summed E-state index contributed by atoms with van der Waals surface area (Å²) in [6.45, 7) is 11.1. The molecule has 1 aliphatic carbocycles. The lowest BCUT2D eigenvalue weighted by Crippen LogP contribution is -2.52. The Balaban J connectivity index is 1.70. The smallest absolute Gasteiger partial charge is 0.411 e. The van der Waals surface area contributed by atoms with Crippen LogP contribution in [0.5, 0.6) is 0 Å². The summed E-state index contributed by atoms with van der Waals surface area (Å²) in [5.74, 6) is -0.578. The Morgan fingerprint density at radius 2 is 1.77 bits per heavy atom. The van der Waals surface area contributed by atoms with E-state index in [1.54, 1.807) is 45.3 Å². The summed E-state index contributed by atoms with van der Waals surface area (Å²) in [5, 5.41) is 2.73. The summed E-state index contributed by atoms with van der Waals surface area (Å²) >= 11 is -1.47. The summed E-state index contributed by atoms with van der Waals surface area (Å²) in [7, 11) is 1.52. The fourth-order valence-corrected chi connectivity index (χ4v) is 6.20. The molecule has 0 spiro atoms. The molecule has 2 aromatic rings. The van der Waals surface area contributed by atoms with Gasteiger partial charge in [0.25, 0.3) is 0 Å². The van der Waals surface area contributed by atoms with Gasteiger partial charge in [-0.15, -0.1) is 4.72 Å². The molecule has 2 aliphatic rings. The predicted molar refractivity (Wildman–Crippen MR) is 165 cm³/mol. The highest BCUT2D eigenvalue weighted by Crippen LogP contribution is 2.43. The van der Waals surface area contributed by atoms with Gasteiger partial charge >= 0.3 is 6.09 Å². The van der Waals surface area contributed by atoms with Crippen LogP contribution >= 0.6 is 0 Å². The predicted octanol–water partition coefficient (Wildman–Crippen LogP) is 5.67. The second kappa shape index (κ2) is 13.1. The number of pyridine rings is 1. The summed E-state index contributed by atoms with van der Waals surface area (Å²) in [4.78, 5) is 32.1. The molecule has 2 fully saturated rings. The van der Waals surface area contributed by atoms with E-state index in [0.717, 1.165) is 24.8 Å². The van der Waals surface area contributed by atoms with E-state index in [-0.39, 0.29) is 24.8 Å². The van der Waals surface area contributed by atoms with E-state index >= 15 is 4.39 Å². The number of carbonyl (C=O) groups is 2. The van der Waals surface area contributed by atoms with E-state index in [9.17, 15) is 14.1 Å². The molecule has 2 N–H and O–H groups in total. The topological polar surface area (TPSA) is 116 Å². The Kier molecular flexibility index (Phi) is 10.1. The molecule has 11 heteroatoms. The summed E-state index contributed by atoms with van der Waals surface area (Å²) < 4.78 is 42.8. The number of hydrogen-bond acceptors (Lipinski definition) is 7. The molecule has 1 unspecified atom stereocenters. The minimum Gasteiger partial charge on any atom is -0.598 e. The Morgan fingerprint density at radius 1 is 1.09 bits per heavy atom. The quantitative estimate of drug-likeness (QED) is 0.331. The van der Waals surface area contributed by atoms with E-state index in [1.807, 2.05) is 32.9 Å². The Morgan fingerprint density at radius 3 is 2.35 bits per heavy atom. The van der Waals surface area contributed by atoms with E-state index in [2.05, 4.69) is 15.0 Å². The van der Waals surface area contributed by atoms with Crippen molar-refractivity contribution in [2.24, 2.45) is 5.92 Å². The van der Waals surface area contributed by atoms with Gasteiger partial charge in [0.05, 0.1) is 18.3 Å². The maximum atomic E-state index is 15.4. The molecule has 1 saturated carbocycles.